The summed E-state index contributed by atoms with van der Waals surface area (Å²) < 4.78 is 0. The molecule has 0 bridgehead atoms. The minimum atomic E-state index is -0.262. The lowest BCUT2D eigenvalue weighted by Gasteiger charge is -2.36. The SMILES string of the molecule is Cc1nc([C@@H]2CCCCN2C(=O)CN2CCCCCC2=O)ncc1C(=O)Nc1ccccc1. The molecule has 0 saturated carbocycles. The lowest BCUT2D eigenvalue weighted by molar-refractivity contribution is -0.142. The van der Waals surface area contributed by atoms with Crippen LogP contribution in [0.2, 0.25) is 0 Å². The topological polar surface area (TPSA) is 95.5 Å². The first kappa shape index (κ1) is 22.9. The molecule has 4 rings (SSSR count). The highest BCUT2D eigenvalue weighted by Gasteiger charge is 2.32. The Morgan fingerprint density at radius 3 is 2.64 bits per heavy atom. The summed E-state index contributed by atoms with van der Waals surface area (Å²) in [5, 5.41) is 2.86. The quantitative estimate of drug-likeness (QED) is 0.754. The Balaban J connectivity index is 1.48. The van der Waals surface area contributed by atoms with Crippen molar-refractivity contribution in [3.05, 3.63) is 53.6 Å². The molecule has 3 amide bonds. The second kappa shape index (κ2) is 10.6. The van der Waals surface area contributed by atoms with Crippen LogP contribution in [0.25, 0.3) is 0 Å². The fraction of sp³-hybridized carbons (Fsp3) is 0.480. The zero-order valence-corrected chi connectivity index (χ0v) is 19.1. The minimum Gasteiger partial charge on any atom is -0.333 e. The molecular weight excluding hydrogens is 418 g/mol. The highest BCUT2D eigenvalue weighted by Crippen LogP contribution is 2.29. The number of amides is 3. The molecule has 0 aliphatic carbocycles. The monoisotopic (exact) mass is 449 g/mol. The lowest BCUT2D eigenvalue weighted by atomic mass is 10.0. The van der Waals surface area contributed by atoms with E-state index in [9.17, 15) is 14.4 Å². The number of hydrogen-bond donors (Lipinski definition) is 1. The van der Waals surface area contributed by atoms with Gasteiger partial charge < -0.3 is 15.1 Å². The molecule has 1 aromatic carbocycles. The third-order valence-electron chi connectivity index (χ3n) is 6.39. The summed E-state index contributed by atoms with van der Waals surface area (Å²) in [6.07, 6.45) is 7.61. The van der Waals surface area contributed by atoms with Gasteiger partial charge in [-0.15, -0.1) is 0 Å². The summed E-state index contributed by atoms with van der Waals surface area (Å²) in [5.41, 5.74) is 1.69. The van der Waals surface area contributed by atoms with E-state index in [4.69, 9.17) is 0 Å². The number of carbonyl (C=O) groups excluding carboxylic acids is 3. The maximum absolute atomic E-state index is 13.2. The first-order chi connectivity index (χ1) is 16.0. The maximum Gasteiger partial charge on any atom is 0.259 e. The highest BCUT2D eigenvalue weighted by atomic mass is 16.2. The maximum atomic E-state index is 13.2. The predicted octanol–water partition coefficient (Wildman–Crippen LogP) is 3.49. The normalized spacial score (nSPS) is 19.2. The Hall–Kier alpha value is -3.29. The van der Waals surface area contributed by atoms with Gasteiger partial charge in [0.2, 0.25) is 11.8 Å². The number of aromatic nitrogens is 2. The standard InChI is InChI=1S/C25H31N5O3/c1-18-20(25(33)28-19-10-4-2-5-11-19)16-26-24(27-18)21-12-7-9-15-30(21)23(32)17-29-14-8-3-6-13-22(29)31/h2,4-5,10-11,16,21H,3,6-9,12-15,17H2,1H3,(H,28,33)/t21-/m0/s1. The molecule has 33 heavy (non-hydrogen) atoms. The number of likely N-dealkylation sites (tertiary alicyclic amines) is 2. The van der Waals surface area contributed by atoms with E-state index >= 15 is 0 Å². The minimum absolute atomic E-state index is 0.0536. The molecule has 174 valence electrons. The fourth-order valence-electron chi connectivity index (χ4n) is 4.55. The van der Waals surface area contributed by atoms with Crippen LogP contribution >= 0.6 is 0 Å². The Kier molecular flexibility index (Phi) is 7.32. The number of anilines is 1. The van der Waals surface area contributed by atoms with Crippen molar-refractivity contribution in [1.82, 2.24) is 19.8 Å². The molecule has 8 heteroatoms. The Morgan fingerprint density at radius 2 is 1.85 bits per heavy atom. The Bertz CT molecular complexity index is 1010. The summed E-state index contributed by atoms with van der Waals surface area (Å²) in [5.74, 6) is 0.304. The molecule has 1 atom stereocenters. The van der Waals surface area contributed by atoms with Gasteiger partial charge in [-0.05, 0) is 51.2 Å². The van der Waals surface area contributed by atoms with Gasteiger partial charge in [-0.2, -0.15) is 0 Å². The second-order valence-electron chi connectivity index (χ2n) is 8.77. The van der Waals surface area contributed by atoms with Crippen molar-refractivity contribution in [1.29, 1.82) is 0 Å². The molecule has 3 heterocycles. The van der Waals surface area contributed by atoms with E-state index in [1.807, 2.05) is 35.2 Å². The van der Waals surface area contributed by atoms with Gasteiger partial charge in [-0.1, -0.05) is 24.6 Å². The molecule has 2 fully saturated rings. The predicted molar refractivity (Wildman–Crippen MR) is 125 cm³/mol. The van der Waals surface area contributed by atoms with Crippen LogP contribution in [0.15, 0.2) is 36.5 Å². The lowest BCUT2D eigenvalue weighted by Crippen LogP contribution is -2.46. The third kappa shape index (κ3) is 5.56. The third-order valence-corrected chi connectivity index (χ3v) is 6.39. The molecule has 2 aromatic rings. The van der Waals surface area contributed by atoms with E-state index in [1.165, 1.54) is 0 Å². The second-order valence-corrected chi connectivity index (χ2v) is 8.77. The van der Waals surface area contributed by atoms with Crippen LogP contribution in [0.3, 0.4) is 0 Å². The van der Waals surface area contributed by atoms with Crippen LogP contribution in [-0.4, -0.2) is 57.1 Å². The van der Waals surface area contributed by atoms with E-state index in [2.05, 4.69) is 15.3 Å². The van der Waals surface area contributed by atoms with Crippen molar-refractivity contribution in [2.24, 2.45) is 0 Å². The van der Waals surface area contributed by atoms with E-state index < -0.39 is 0 Å². The number of hydrogen-bond acceptors (Lipinski definition) is 5. The van der Waals surface area contributed by atoms with E-state index in [-0.39, 0.29) is 30.3 Å². The summed E-state index contributed by atoms with van der Waals surface area (Å²) >= 11 is 0. The number of benzene rings is 1. The molecule has 1 aromatic heterocycles. The smallest absolute Gasteiger partial charge is 0.259 e. The highest BCUT2D eigenvalue weighted by molar-refractivity contribution is 6.04. The van der Waals surface area contributed by atoms with Gasteiger partial charge in [-0.25, -0.2) is 9.97 Å². The van der Waals surface area contributed by atoms with Crippen molar-refractivity contribution in [3.63, 3.8) is 0 Å². The average Bonchev–Trinajstić information content (AvgIpc) is 3.03. The molecule has 0 radical (unpaired) electrons. The number of aryl methyl sites for hydroxylation is 1. The van der Waals surface area contributed by atoms with E-state index in [1.54, 1.807) is 18.0 Å². The van der Waals surface area contributed by atoms with Crippen LogP contribution in [0.4, 0.5) is 5.69 Å². The van der Waals surface area contributed by atoms with Gasteiger partial charge in [-0.3, -0.25) is 14.4 Å². The number of para-hydroxylation sites is 1. The first-order valence-electron chi connectivity index (χ1n) is 11.8. The average molecular weight is 450 g/mol. The largest absolute Gasteiger partial charge is 0.333 e. The van der Waals surface area contributed by atoms with Crippen LogP contribution in [0.1, 0.15) is 72.9 Å². The van der Waals surface area contributed by atoms with Crippen molar-refractivity contribution < 1.29 is 14.4 Å². The van der Waals surface area contributed by atoms with Crippen molar-refractivity contribution >= 4 is 23.4 Å². The van der Waals surface area contributed by atoms with Crippen molar-refractivity contribution in [2.75, 3.05) is 25.0 Å². The Morgan fingerprint density at radius 1 is 1.06 bits per heavy atom. The van der Waals surface area contributed by atoms with Crippen LogP contribution in [-0.2, 0) is 9.59 Å². The van der Waals surface area contributed by atoms with Gasteiger partial charge >= 0.3 is 0 Å². The molecule has 0 unspecified atom stereocenters. The molecule has 2 saturated heterocycles. The summed E-state index contributed by atoms with van der Waals surface area (Å²) in [6.45, 7) is 3.18. The number of carbonyl (C=O) groups is 3. The fourth-order valence-corrected chi connectivity index (χ4v) is 4.55. The van der Waals surface area contributed by atoms with Crippen LogP contribution in [0.5, 0.6) is 0 Å². The summed E-state index contributed by atoms with van der Waals surface area (Å²) in [4.78, 5) is 50.8. The summed E-state index contributed by atoms with van der Waals surface area (Å²) in [7, 11) is 0. The van der Waals surface area contributed by atoms with Gasteiger partial charge in [0, 0.05) is 31.4 Å². The van der Waals surface area contributed by atoms with E-state index in [0.29, 0.717) is 42.3 Å². The first-order valence-corrected chi connectivity index (χ1v) is 11.8. The van der Waals surface area contributed by atoms with Crippen molar-refractivity contribution in [2.45, 2.75) is 57.9 Å². The molecule has 2 aliphatic heterocycles. The van der Waals surface area contributed by atoms with Gasteiger partial charge in [0.1, 0.15) is 0 Å². The van der Waals surface area contributed by atoms with Crippen LogP contribution in [0, 0.1) is 6.92 Å². The molecule has 8 nitrogen and oxygen atoms in total. The van der Waals surface area contributed by atoms with Crippen molar-refractivity contribution in [3.8, 4) is 0 Å². The zero-order valence-electron chi connectivity index (χ0n) is 19.1. The zero-order chi connectivity index (χ0) is 23.2. The van der Waals surface area contributed by atoms with Crippen LogP contribution < -0.4 is 5.32 Å². The summed E-state index contributed by atoms with van der Waals surface area (Å²) in [6, 6.07) is 9.01. The van der Waals surface area contributed by atoms with Gasteiger partial charge in [0.25, 0.3) is 5.91 Å². The molecular formula is C25H31N5O3. The van der Waals surface area contributed by atoms with E-state index in [0.717, 1.165) is 38.5 Å². The number of nitrogens with zero attached hydrogens (tertiary/aromatic N) is 4. The molecule has 2 aliphatic rings. The van der Waals surface area contributed by atoms with Gasteiger partial charge in [0.15, 0.2) is 5.82 Å². The number of nitrogens with one attached hydrogen (secondary N) is 1. The Labute approximate surface area is 194 Å². The molecule has 1 N–H and O–H groups in total. The number of piperidine rings is 1. The molecule has 0 spiro atoms. The number of rotatable bonds is 5. The van der Waals surface area contributed by atoms with Gasteiger partial charge in [0.05, 0.1) is 23.8 Å².